The van der Waals surface area contributed by atoms with Crippen LogP contribution in [-0.4, -0.2) is 20.2 Å². The number of hydrogen-bond acceptors (Lipinski definition) is 2. The third kappa shape index (κ3) is 6.71. The lowest BCUT2D eigenvalue weighted by Crippen LogP contribution is -2.43. The van der Waals surface area contributed by atoms with Crippen LogP contribution in [0.2, 0.25) is 12.1 Å². The normalized spacial score (nSPS) is 17.4. The number of halogens is 1. The zero-order chi connectivity index (χ0) is 11.7. The third-order valence-electron chi connectivity index (χ3n) is 2.33. The van der Waals surface area contributed by atoms with Gasteiger partial charge in [0.15, 0.2) is 0 Å². The number of unbranched alkanes of at least 4 members (excludes halogenated alkanes) is 1. The van der Waals surface area contributed by atoms with Gasteiger partial charge < -0.3 is 8.85 Å². The van der Waals surface area contributed by atoms with E-state index in [2.05, 4.69) is 36.7 Å². The van der Waals surface area contributed by atoms with Gasteiger partial charge in [-0.3, -0.25) is 0 Å². The summed E-state index contributed by atoms with van der Waals surface area (Å²) in [5.41, 5.74) is 0. The Hall–Kier alpha value is 0.617. The highest BCUT2D eigenvalue weighted by Gasteiger charge is 2.36. The summed E-state index contributed by atoms with van der Waals surface area (Å²) >= 11 is 3.47. The van der Waals surface area contributed by atoms with Crippen molar-refractivity contribution in [3.8, 4) is 0 Å². The summed E-state index contributed by atoms with van der Waals surface area (Å²) in [6.45, 7) is 9.28. The van der Waals surface area contributed by atoms with Gasteiger partial charge in [0.05, 0.1) is 0 Å². The summed E-state index contributed by atoms with van der Waals surface area (Å²) in [6.07, 6.45) is 3.58. The maximum atomic E-state index is 6.05. The minimum absolute atomic E-state index is 0.110. The fourth-order valence-corrected chi connectivity index (χ4v) is 6.44. The van der Waals surface area contributed by atoms with Gasteiger partial charge in [-0.05, 0) is 25.9 Å². The van der Waals surface area contributed by atoms with Crippen molar-refractivity contribution in [1.82, 2.24) is 0 Å². The number of rotatable bonds is 9. The molecule has 0 aromatic heterocycles. The van der Waals surface area contributed by atoms with Crippen molar-refractivity contribution in [2.75, 3.05) is 6.61 Å². The standard InChI is InChI=1S/C11H25BrO2Si/c1-5-8-10-15(9-6-2,13-7-3)14-11(4)12/h11H,5-10H2,1-4H3. The predicted molar refractivity (Wildman–Crippen MR) is 71.7 cm³/mol. The monoisotopic (exact) mass is 296 g/mol. The first-order valence-corrected chi connectivity index (χ1v) is 9.20. The van der Waals surface area contributed by atoms with E-state index in [1.807, 2.05) is 6.92 Å². The number of alkyl halides is 1. The molecule has 0 radical (unpaired) electrons. The lowest BCUT2D eigenvalue weighted by molar-refractivity contribution is 0.170. The van der Waals surface area contributed by atoms with E-state index >= 15 is 0 Å². The summed E-state index contributed by atoms with van der Waals surface area (Å²) in [6, 6.07) is 2.23. The SMILES string of the molecule is CCCC[Si](CCC)(OCC)OC(C)Br. The third-order valence-corrected chi connectivity index (χ3v) is 6.83. The molecule has 0 saturated carbocycles. The average Bonchev–Trinajstić information content (AvgIpc) is 2.14. The zero-order valence-electron chi connectivity index (χ0n) is 10.5. The molecule has 0 rings (SSSR count). The van der Waals surface area contributed by atoms with Crippen LogP contribution in [0.25, 0.3) is 0 Å². The molecule has 92 valence electrons. The summed E-state index contributed by atoms with van der Waals surface area (Å²) < 4.78 is 12.0. The van der Waals surface area contributed by atoms with E-state index in [0.29, 0.717) is 0 Å². The van der Waals surface area contributed by atoms with E-state index in [9.17, 15) is 0 Å². The lowest BCUT2D eigenvalue weighted by Gasteiger charge is -2.31. The molecule has 0 saturated heterocycles. The molecule has 0 aliphatic heterocycles. The minimum Gasteiger partial charge on any atom is -0.394 e. The van der Waals surface area contributed by atoms with Gasteiger partial charge in [-0.1, -0.05) is 49.0 Å². The molecule has 4 heteroatoms. The average molecular weight is 297 g/mol. The minimum atomic E-state index is -1.93. The van der Waals surface area contributed by atoms with E-state index in [1.54, 1.807) is 0 Å². The largest absolute Gasteiger partial charge is 0.394 e. The zero-order valence-corrected chi connectivity index (χ0v) is 13.1. The van der Waals surface area contributed by atoms with Gasteiger partial charge in [0.25, 0.3) is 0 Å². The Kier molecular flexibility index (Phi) is 9.09. The summed E-state index contributed by atoms with van der Waals surface area (Å²) in [4.78, 5) is 0. The highest BCUT2D eigenvalue weighted by Crippen LogP contribution is 2.26. The molecule has 2 atom stereocenters. The van der Waals surface area contributed by atoms with Gasteiger partial charge in [0.1, 0.15) is 5.01 Å². The van der Waals surface area contributed by atoms with Crippen LogP contribution in [0.4, 0.5) is 0 Å². The quantitative estimate of drug-likeness (QED) is 0.463. The van der Waals surface area contributed by atoms with Crippen LogP contribution < -0.4 is 0 Å². The second kappa shape index (κ2) is 8.73. The Balaban J connectivity index is 4.40. The van der Waals surface area contributed by atoms with E-state index in [0.717, 1.165) is 25.1 Å². The molecule has 0 spiro atoms. The van der Waals surface area contributed by atoms with Gasteiger partial charge in [0, 0.05) is 6.61 Å². The molecule has 15 heavy (non-hydrogen) atoms. The van der Waals surface area contributed by atoms with Crippen LogP contribution in [0.15, 0.2) is 0 Å². The van der Waals surface area contributed by atoms with Crippen molar-refractivity contribution in [1.29, 1.82) is 0 Å². The van der Waals surface area contributed by atoms with Gasteiger partial charge in [0.2, 0.25) is 0 Å². The molecule has 2 unspecified atom stereocenters. The maximum absolute atomic E-state index is 6.05. The molecule has 2 nitrogen and oxygen atoms in total. The molecule has 0 heterocycles. The van der Waals surface area contributed by atoms with Crippen LogP contribution in [0.1, 0.15) is 47.0 Å². The van der Waals surface area contributed by atoms with Crippen LogP contribution in [0.3, 0.4) is 0 Å². The van der Waals surface area contributed by atoms with Crippen LogP contribution >= 0.6 is 15.9 Å². The maximum Gasteiger partial charge on any atom is 0.338 e. The van der Waals surface area contributed by atoms with Crippen LogP contribution in [0.5, 0.6) is 0 Å². The fraction of sp³-hybridized carbons (Fsp3) is 1.00. The van der Waals surface area contributed by atoms with E-state index in [4.69, 9.17) is 8.85 Å². The summed E-state index contributed by atoms with van der Waals surface area (Å²) in [7, 11) is -1.93. The molecule has 0 aliphatic carbocycles. The van der Waals surface area contributed by atoms with Crippen molar-refractivity contribution in [3.05, 3.63) is 0 Å². The lowest BCUT2D eigenvalue weighted by atomic mass is 10.4. The molecule has 0 aliphatic rings. The second-order valence-corrected chi connectivity index (χ2v) is 8.49. The smallest absolute Gasteiger partial charge is 0.338 e. The second-order valence-electron chi connectivity index (χ2n) is 3.86. The Morgan fingerprint density at radius 3 is 2.20 bits per heavy atom. The first kappa shape index (κ1) is 15.6. The van der Waals surface area contributed by atoms with Gasteiger partial charge in [-0.2, -0.15) is 0 Å². The van der Waals surface area contributed by atoms with Crippen molar-refractivity contribution in [2.45, 2.75) is 64.1 Å². The number of hydrogen-bond donors (Lipinski definition) is 0. The van der Waals surface area contributed by atoms with E-state index < -0.39 is 8.56 Å². The van der Waals surface area contributed by atoms with E-state index in [1.165, 1.54) is 12.8 Å². The highest BCUT2D eigenvalue weighted by molar-refractivity contribution is 9.09. The fourth-order valence-electron chi connectivity index (χ4n) is 1.81. The molecule has 0 amide bonds. The molecule has 0 fully saturated rings. The van der Waals surface area contributed by atoms with Crippen molar-refractivity contribution < 1.29 is 8.85 Å². The van der Waals surface area contributed by atoms with Gasteiger partial charge >= 0.3 is 8.56 Å². The van der Waals surface area contributed by atoms with Crippen molar-refractivity contribution >= 4 is 24.5 Å². The molecule has 0 aromatic rings. The first-order valence-electron chi connectivity index (χ1n) is 6.06. The molecule has 0 aromatic carbocycles. The predicted octanol–water partition coefficient (Wildman–Crippen LogP) is 4.43. The van der Waals surface area contributed by atoms with Gasteiger partial charge in [-0.25, -0.2) is 0 Å². The Labute approximate surface area is 104 Å². The first-order chi connectivity index (χ1) is 7.10. The topological polar surface area (TPSA) is 18.5 Å². The molecular weight excluding hydrogens is 272 g/mol. The summed E-state index contributed by atoms with van der Waals surface area (Å²) in [5.74, 6) is 0. The van der Waals surface area contributed by atoms with Gasteiger partial charge in [-0.15, -0.1) is 0 Å². The van der Waals surface area contributed by atoms with Crippen LogP contribution in [-0.2, 0) is 8.85 Å². The van der Waals surface area contributed by atoms with Crippen molar-refractivity contribution in [2.24, 2.45) is 0 Å². The Bertz CT molecular complexity index is 148. The Morgan fingerprint density at radius 1 is 1.13 bits per heavy atom. The van der Waals surface area contributed by atoms with Crippen molar-refractivity contribution in [3.63, 3.8) is 0 Å². The van der Waals surface area contributed by atoms with E-state index in [-0.39, 0.29) is 5.01 Å². The summed E-state index contributed by atoms with van der Waals surface area (Å²) in [5, 5.41) is 0.110. The van der Waals surface area contributed by atoms with Crippen LogP contribution in [0, 0.1) is 0 Å². The molecular formula is C11H25BrO2Si. The highest BCUT2D eigenvalue weighted by atomic mass is 79.9. The Morgan fingerprint density at radius 2 is 1.80 bits per heavy atom. The molecule has 0 N–H and O–H groups in total. The molecule has 0 bridgehead atoms.